The maximum absolute atomic E-state index is 13.5. The Kier molecular flexibility index (Phi) is 18.1. The predicted molar refractivity (Wildman–Crippen MR) is 302 cm³/mol. The predicted octanol–water partition coefficient (Wildman–Crippen LogP) is 8.06. The number of carbonyl (C=O) groups excluding carboxylic acids is 8. The van der Waals surface area contributed by atoms with E-state index in [-0.39, 0.29) is 52.9 Å². The van der Waals surface area contributed by atoms with E-state index in [4.69, 9.17) is 0 Å². The van der Waals surface area contributed by atoms with Crippen LogP contribution in [-0.2, 0) is 67.3 Å². The molecule has 10 rings (SSSR count). The first-order chi connectivity index (χ1) is 36.1. The zero-order valence-corrected chi connectivity index (χ0v) is 48.1. The van der Waals surface area contributed by atoms with Gasteiger partial charge in [0.15, 0.2) is 0 Å². The van der Waals surface area contributed by atoms with Crippen molar-refractivity contribution >= 4 is 58.9 Å². The standard InChI is InChI=1S/C19H28N2O2.C16H22N2O2.2C11H10N2O2.2C2H6/c1-17(2)12-13-10-8-9-11-14(13)21(16(23)18(17,3)4)19(5,6)15(22)20-7;1-15(2)10-11-8-6-7-9-12(11)18(14(15)20)16(3,4)13(19)17-5;2*14-9-11(13-10(15)12-9)5-7-3-1-2-4-8(7)6-11;2*1-2/h8-11H,12H2,1-7H3,(H,20,22);6-9H,10H2,1-5H3,(H,17,19);2*1-4H,5-6H2,(H2,12,13,14,15);2*1-2H3. The summed E-state index contributed by atoms with van der Waals surface area (Å²) < 4.78 is 0. The second kappa shape index (κ2) is 23.1. The lowest BCUT2D eigenvalue weighted by Crippen LogP contribution is -2.61. The highest BCUT2D eigenvalue weighted by atomic mass is 16.2. The number of fused-ring (bicyclic) bond motifs is 4. The molecule has 0 aromatic heterocycles. The van der Waals surface area contributed by atoms with Gasteiger partial charge in [-0.05, 0) is 91.5 Å². The lowest BCUT2D eigenvalue weighted by molar-refractivity contribution is -0.136. The molecule has 6 aliphatic rings. The number of urea groups is 2. The van der Waals surface area contributed by atoms with Gasteiger partial charge in [-0.15, -0.1) is 0 Å². The fourth-order valence-electron chi connectivity index (χ4n) is 10.8. The number of imide groups is 2. The highest BCUT2D eigenvalue weighted by Crippen LogP contribution is 2.49. The highest BCUT2D eigenvalue weighted by Gasteiger charge is 2.54. The molecule has 414 valence electrons. The molecule has 0 saturated carbocycles. The Balaban J connectivity index is 0.000000187. The summed E-state index contributed by atoms with van der Waals surface area (Å²) in [7, 11) is 3.20. The number of anilines is 2. The monoisotopic (exact) mass is 1050 g/mol. The van der Waals surface area contributed by atoms with Gasteiger partial charge < -0.3 is 21.3 Å². The van der Waals surface area contributed by atoms with Gasteiger partial charge in [-0.2, -0.15) is 0 Å². The van der Waals surface area contributed by atoms with Crippen molar-refractivity contribution in [1.82, 2.24) is 31.9 Å². The van der Waals surface area contributed by atoms with Crippen LogP contribution in [0.15, 0.2) is 97.1 Å². The first-order valence-electron chi connectivity index (χ1n) is 26.8. The third-order valence-electron chi connectivity index (χ3n) is 15.9. The van der Waals surface area contributed by atoms with Crippen molar-refractivity contribution < 1.29 is 38.4 Å². The number of amides is 10. The number of hydrogen-bond acceptors (Lipinski definition) is 8. The van der Waals surface area contributed by atoms with Gasteiger partial charge in [0.25, 0.3) is 11.8 Å². The van der Waals surface area contributed by atoms with E-state index >= 15 is 0 Å². The minimum Gasteiger partial charge on any atom is -0.357 e. The van der Waals surface area contributed by atoms with Crippen LogP contribution in [0.4, 0.5) is 21.0 Å². The third-order valence-corrected chi connectivity index (χ3v) is 15.9. The van der Waals surface area contributed by atoms with E-state index in [0.29, 0.717) is 32.1 Å². The van der Waals surface area contributed by atoms with Crippen LogP contribution in [-0.4, -0.2) is 83.8 Å². The Labute approximate surface area is 455 Å². The molecule has 2 aliphatic carbocycles. The van der Waals surface area contributed by atoms with E-state index in [1.165, 1.54) is 0 Å². The molecule has 77 heavy (non-hydrogen) atoms. The van der Waals surface area contributed by atoms with Gasteiger partial charge in [-0.25, -0.2) is 9.59 Å². The summed E-state index contributed by atoms with van der Waals surface area (Å²) in [6, 6.07) is 30.8. The van der Waals surface area contributed by atoms with Crippen LogP contribution in [0, 0.1) is 16.2 Å². The van der Waals surface area contributed by atoms with Crippen molar-refractivity contribution in [3.05, 3.63) is 130 Å². The first kappa shape index (κ1) is 60.5. The largest absolute Gasteiger partial charge is 0.357 e. The molecule has 4 aromatic carbocycles. The van der Waals surface area contributed by atoms with E-state index in [0.717, 1.165) is 51.2 Å². The minimum absolute atomic E-state index is 0.00944. The maximum Gasteiger partial charge on any atom is 0.322 e. The fraction of sp³-hybridized carbons (Fsp3) is 0.475. The molecule has 4 heterocycles. The highest BCUT2D eigenvalue weighted by molar-refractivity contribution is 6.10. The Morgan fingerprint density at radius 2 is 0.753 bits per heavy atom. The molecule has 16 heteroatoms. The average Bonchev–Trinajstić information content (AvgIpc) is 4.15. The number of nitrogens with one attached hydrogen (secondary N) is 6. The number of likely N-dealkylation sites (N-methyl/N-ethyl adjacent to an activating group) is 2. The van der Waals surface area contributed by atoms with Gasteiger partial charge in [0, 0.05) is 62.0 Å². The molecule has 10 amide bonds. The molecule has 16 nitrogen and oxygen atoms in total. The smallest absolute Gasteiger partial charge is 0.322 e. The van der Waals surface area contributed by atoms with Crippen LogP contribution < -0.4 is 41.7 Å². The summed E-state index contributed by atoms with van der Waals surface area (Å²) in [4.78, 5) is 99.9. The van der Waals surface area contributed by atoms with Crippen LogP contribution in [0.1, 0.15) is 130 Å². The van der Waals surface area contributed by atoms with Gasteiger partial charge in [0.1, 0.15) is 22.2 Å². The second-order valence-electron chi connectivity index (χ2n) is 22.8. The summed E-state index contributed by atoms with van der Waals surface area (Å²) in [6.07, 6.45) is 3.88. The second-order valence-corrected chi connectivity index (χ2v) is 22.8. The molecule has 4 aromatic rings. The molecule has 6 N–H and O–H groups in total. The normalized spacial score (nSPS) is 19.0. The maximum atomic E-state index is 13.5. The molecule has 2 saturated heterocycles. The van der Waals surface area contributed by atoms with Crippen molar-refractivity contribution in [3.8, 4) is 0 Å². The van der Waals surface area contributed by atoms with Crippen LogP contribution in [0.2, 0.25) is 0 Å². The Bertz CT molecular complexity index is 2780. The minimum atomic E-state index is -0.959. The summed E-state index contributed by atoms with van der Waals surface area (Å²) in [5, 5.41) is 15.4. The topological polar surface area (TPSA) is 215 Å². The molecule has 0 unspecified atom stereocenters. The number of nitrogens with zero attached hydrogens (tertiary/aromatic N) is 2. The number of rotatable bonds is 4. The van der Waals surface area contributed by atoms with E-state index in [1.807, 2.05) is 146 Å². The SMILES string of the molecule is CC.CC.CNC(=O)C(C)(C)N1C(=O)C(C)(C)C(C)(C)Cc2ccccc21.CNC(=O)C(C)(C)N1C(=O)C(C)(C)Cc2ccccc21.O=C1NC(=O)C2(Cc3ccccc3C2)N1.O=C1NC(=O)C2(Cc3ccccc3C2)N1. The van der Waals surface area contributed by atoms with Gasteiger partial charge in [-0.1, -0.05) is 154 Å². The molecule has 0 atom stereocenters. The van der Waals surface area contributed by atoms with E-state index in [9.17, 15) is 38.4 Å². The molecule has 4 aliphatic heterocycles. The number of para-hydroxylation sites is 2. The lowest BCUT2D eigenvalue weighted by atomic mass is 9.65. The summed E-state index contributed by atoms with van der Waals surface area (Å²) in [5.41, 5.74) is 3.86. The lowest BCUT2D eigenvalue weighted by Gasteiger charge is -2.45. The van der Waals surface area contributed by atoms with E-state index < -0.39 is 33.0 Å². The zero-order valence-electron chi connectivity index (χ0n) is 48.1. The van der Waals surface area contributed by atoms with Crippen molar-refractivity contribution in [2.24, 2.45) is 16.2 Å². The Morgan fingerprint density at radius 1 is 0.455 bits per heavy atom. The summed E-state index contributed by atoms with van der Waals surface area (Å²) >= 11 is 0. The molecule has 0 bridgehead atoms. The number of carbonyl (C=O) groups is 8. The summed E-state index contributed by atoms with van der Waals surface area (Å²) in [6.45, 7) is 27.2. The third kappa shape index (κ3) is 11.7. The first-order valence-corrected chi connectivity index (χ1v) is 26.8. The van der Waals surface area contributed by atoms with Gasteiger partial charge >= 0.3 is 12.1 Å². The van der Waals surface area contributed by atoms with Crippen LogP contribution in [0.5, 0.6) is 0 Å². The van der Waals surface area contributed by atoms with Crippen LogP contribution >= 0.6 is 0 Å². The van der Waals surface area contributed by atoms with Crippen LogP contribution in [0.25, 0.3) is 0 Å². The molecule has 2 fully saturated rings. The number of benzene rings is 4. The summed E-state index contributed by atoms with van der Waals surface area (Å²) in [5.74, 6) is -0.771. The van der Waals surface area contributed by atoms with Gasteiger partial charge in [-0.3, -0.25) is 49.2 Å². The molecular formula is C61H82N8O8. The van der Waals surface area contributed by atoms with Crippen molar-refractivity contribution in [2.45, 2.75) is 158 Å². The average molecular weight is 1060 g/mol. The zero-order chi connectivity index (χ0) is 57.7. The van der Waals surface area contributed by atoms with E-state index in [2.05, 4.69) is 51.8 Å². The Morgan fingerprint density at radius 3 is 1.06 bits per heavy atom. The van der Waals surface area contributed by atoms with Crippen molar-refractivity contribution in [1.29, 1.82) is 0 Å². The Hall–Kier alpha value is -7.36. The fourth-order valence-corrected chi connectivity index (χ4v) is 10.8. The van der Waals surface area contributed by atoms with Gasteiger partial charge in [0.2, 0.25) is 23.6 Å². The van der Waals surface area contributed by atoms with Crippen molar-refractivity contribution in [2.75, 3.05) is 23.9 Å². The molecule has 0 radical (unpaired) electrons. The number of hydrogen-bond donors (Lipinski definition) is 6. The molecule has 2 spiro atoms. The quantitative estimate of drug-likeness (QED) is 0.110. The van der Waals surface area contributed by atoms with Crippen molar-refractivity contribution in [3.63, 3.8) is 0 Å². The van der Waals surface area contributed by atoms with Crippen LogP contribution in [0.3, 0.4) is 0 Å². The van der Waals surface area contributed by atoms with Gasteiger partial charge in [0.05, 0.1) is 0 Å². The molecular weight excluding hydrogens is 973 g/mol. The van der Waals surface area contributed by atoms with E-state index in [1.54, 1.807) is 51.6 Å².